The van der Waals surface area contributed by atoms with Gasteiger partial charge in [0, 0.05) is 6.42 Å². The van der Waals surface area contributed by atoms with Gasteiger partial charge in [-0.2, -0.15) is 0 Å². The lowest BCUT2D eigenvalue weighted by Gasteiger charge is -2.58. The number of carbonyl (C=O) groups excluding carboxylic acids is 1. The van der Waals surface area contributed by atoms with Crippen molar-refractivity contribution in [3.8, 4) is 0 Å². The summed E-state index contributed by atoms with van der Waals surface area (Å²) in [5, 5.41) is 0. The molecule has 0 radical (unpaired) electrons. The van der Waals surface area contributed by atoms with Gasteiger partial charge in [0.15, 0.2) is 5.78 Å². The Bertz CT molecular complexity index is 781. The van der Waals surface area contributed by atoms with Crippen molar-refractivity contribution in [2.24, 2.45) is 28.6 Å². The van der Waals surface area contributed by atoms with E-state index in [1.165, 1.54) is 43.2 Å². The van der Waals surface area contributed by atoms with Gasteiger partial charge in [0.05, 0.1) is 12.7 Å². The molecule has 1 aromatic carbocycles. The molecule has 0 aromatic heterocycles. The third-order valence-corrected chi connectivity index (χ3v) is 9.17. The Morgan fingerprint density at radius 3 is 2.61 bits per heavy atom. The number of allylic oxidation sites excluding steroid dienone is 1. The summed E-state index contributed by atoms with van der Waals surface area (Å²) in [6, 6.07) is 10.6. The van der Waals surface area contributed by atoms with E-state index < -0.39 is 0 Å². The molecule has 3 fully saturated rings. The van der Waals surface area contributed by atoms with Gasteiger partial charge in [0.1, 0.15) is 0 Å². The molecule has 0 bridgehead atoms. The molecule has 3 saturated carbocycles. The Morgan fingerprint density at radius 2 is 1.79 bits per heavy atom. The standard InChI is InChI=1S/C26H34O2/c1-25-14-12-20(27)16-19(25)8-9-21-22-10-11-24(26(22,2)15-13-23(21)25)28-17-18-6-4-3-5-7-18/h3-7,16,21-24H,8-15,17H2,1-2H3/t21-,22-,23+,24-,25-,26-/m0/s1. The molecular weight excluding hydrogens is 344 g/mol. The van der Waals surface area contributed by atoms with Crippen LogP contribution >= 0.6 is 0 Å². The molecule has 2 nitrogen and oxygen atoms in total. The topological polar surface area (TPSA) is 26.3 Å². The highest BCUT2D eigenvalue weighted by Crippen LogP contribution is 2.65. The largest absolute Gasteiger partial charge is 0.373 e. The maximum atomic E-state index is 12.0. The second-order valence-corrected chi connectivity index (χ2v) is 10.4. The minimum Gasteiger partial charge on any atom is -0.373 e. The van der Waals surface area contributed by atoms with Gasteiger partial charge < -0.3 is 4.74 Å². The van der Waals surface area contributed by atoms with Crippen LogP contribution in [0.4, 0.5) is 0 Å². The molecule has 150 valence electrons. The molecule has 4 aliphatic carbocycles. The molecule has 28 heavy (non-hydrogen) atoms. The van der Waals surface area contributed by atoms with Crippen LogP contribution in [-0.4, -0.2) is 11.9 Å². The van der Waals surface area contributed by atoms with E-state index in [2.05, 4.69) is 44.2 Å². The van der Waals surface area contributed by atoms with Gasteiger partial charge in [-0.05, 0) is 85.2 Å². The quantitative estimate of drug-likeness (QED) is 0.635. The number of rotatable bonds is 3. The fourth-order valence-electron chi connectivity index (χ4n) is 7.56. The van der Waals surface area contributed by atoms with Crippen LogP contribution in [-0.2, 0) is 16.1 Å². The van der Waals surface area contributed by atoms with E-state index >= 15 is 0 Å². The average molecular weight is 379 g/mol. The second kappa shape index (κ2) is 6.83. The Morgan fingerprint density at radius 1 is 0.964 bits per heavy atom. The fraction of sp³-hybridized carbons (Fsp3) is 0.654. The molecule has 0 amide bonds. The van der Waals surface area contributed by atoms with Crippen molar-refractivity contribution in [2.45, 2.75) is 77.9 Å². The van der Waals surface area contributed by atoms with Gasteiger partial charge in [0.2, 0.25) is 0 Å². The SMILES string of the molecule is C[C@]12CC[C@@H]3[C@@H](CCC4=CC(=O)CC[C@@]43C)[C@@H]1CC[C@@H]2OCc1ccccc1. The summed E-state index contributed by atoms with van der Waals surface area (Å²) in [6.07, 6.45) is 11.8. The molecular formula is C26H34O2. The summed E-state index contributed by atoms with van der Waals surface area (Å²) in [5.41, 5.74) is 3.37. The molecule has 6 atom stereocenters. The van der Waals surface area contributed by atoms with E-state index in [1.54, 1.807) is 0 Å². The zero-order valence-corrected chi connectivity index (χ0v) is 17.5. The van der Waals surface area contributed by atoms with Crippen LogP contribution in [0.25, 0.3) is 0 Å². The van der Waals surface area contributed by atoms with E-state index in [-0.39, 0.29) is 5.41 Å². The van der Waals surface area contributed by atoms with E-state index in [9.17, 15) is 4.79 Å². The third-order valence-electron chi connectivity index (χ3n) is 9.17. The zero-order chi connectivity index (χ0) is 19.4. The van der Waals surface area contributed by atoms with Crippen molar-refractivity contribution in [3.63, 3.8) is 0 Å². The van der Waals surface area contributed by atoms with Gasteiger partial charge in [-0.15, -0.1) is 0 Å². The van der Waals surface area contributed by atoms with E-state index in [0.29, 0.717) is 17.3 Å². The first-order chi connectivity index (χ1) is 13.5. The first-order valence-corrected chi connectivity index (χ1v) is 11.4. The van der Waals surface area contributed by atoms with Crippen molar-refractivity contribution in [2.75, 3.05) is 0 Å². The minimum atomic E-state index is 0.279. The number of ether oxygens (including phenoxy) is 1. The van der Waals surface area contributed by atoms with E-state index in [4.69, 9.17) is 4.74 Å². The lowest BCUT2D eigenvalue weighted by Crippen LogP contribution is -2.51. The molecule has 4 aliphatic rings. The van der Waals surface area contributed by atoms with Crippen LogP contribution in [0, 0.1) is 28.6 Å². The van der Waals surface area contributed by atoms with Gasteiger partial charge in [-0.25, -0.2) is 0 Å². The maximum Gasteiger partial charge on any atom is 0.155 e. The predicted octanol–water partition coefficient (Wildman–Crippen LogP) is 6.10. The Hall–Kier alpha value is -1.41. The first kappa shape index (κ1) is 18.6. The highest BCUT2D eigenvalue weighted by molar-refractivity contribution is 5.91. The van der Waals surface area contributed by atoms with Crippen LogP contribution in [0.2, 0.25) is 0 Å². The minimum absolute atomic E-state index is 0.279. The fourth-order valence-corrected chi connectivity index (χ4v) is 7.56. The smallest absolute Gasteiger partial charge is 0.155 e. The summed E-state index contributed by atoms with van der Waals surface area (Å²) in [5.74, 6) is 2.75. The highest BCUT2D eigenvalue weighted by atomic mass is 16.5. The molecule has 5 rings (SSSR count). The summed E-state index contributed by atoms with van der Waals surface area (Å²) in [4.78, 5) is 12.0. The van der Waals surface area contributed by atoms with Crippen LogP contribution in [0.3, 0.4) is 0 Å². The maximum absolute atomic E-state index is 12.0. The van der Waals surface area contributed by atoms with Gasteiger partial charge in [0.25, 0.3) is 0 Å². The summed E-state index contributed by atoms with van der Waals surface area (Å²) < 4.78 is 6.53. The van der Waals surface area contributed by atoms with Crippen LogP contribution < -0.4 is 0 Å². The number of hydrogen-bond acceptors (Lipinski definition) is 2. The zero-order valence-electron chi connectivity index (χ0n) is 17.5. The van der Waals surface area contributed by atoms with Crippen molar-refractivity contribution >= 4 is 5.78 Å². The van der Waals surface area contributed by atoms with E-state index in [0.717, 1.165) is 43.6 Å². The van der Waals surface area contributed by atoms with Gasteiger partial charge in [-0.3, -0.25) is 4.79 Å². The predicted molar refractivity (Wildman–Crippen MR) is 112 cm³/mol. The molecule has 0 aliphatic heterocycles. The lowest BCUT2D eigenvalue weighted by atomic mass is 9.47. The molecule has 1 aromatic rings. The molecule has 2 heteroatoms. The normalized spacial score (nSPS) is 42.4. The Labute approximate surface area is 169 Å². The number of fused-ring (bicyclic) bond motifs is 5. The lowest BCUT2D eigenvalue weighted by molar-refractivity contribution is -0.119. The number of hydrogen-bond donors (Lipinski definition) is 0. The summed E-state index contributed by atoms with van der Waals surface area (Å²) in [6.45, 7) is 5.74. The highest BCUT2D eigenvalue weighted by Gasteiger charge is 2.59. The Kier molecular flexibility index (Phi) is 4.54. The van der Waals surface area contributed by atoms with Crippen molar-refractivity contribution in [3.05, 3.63) is 47.5 Å². The average Bonchev–Trinajstić information content (AvgIpc) is 3.04. The Balaban J connectivity index is 1.34. The van der Waals surface area contributed by atoms with Crippen LogP contribution in [0.15, 0.2) is 42.0 Å². The van der Waals surface area contributed by atoms with Crippen LogP contribution in [0.5, 0.6) is 0 Å². The number of ketones is 1. The van der Waals surface area contributed by atoms with E-state index in [1.807, 2.05) is 6.08 Å². The van der Waals surface area contributed by atoms with Crippen LogP contribution in [0.1, 0.15) is 70.8 Å². The number of carbonyl (C=O) groups is 1. The van der Waals surface area contributed by atoms with Gasteiger partial charge in [-0.1, -0.05) is 49.8 Å². The van der Waals surface area contributed by atoms with Gasteiger partial charge >= 0.3 is 0 Å². The molecule has 0 spiro atoms. The molecule has 0 saturated heterocycles. The number of benzene rings is 1. The monoisotopic (exact) mass is 378 g/mol. The third kappa shape index (κ3) is 2.83. The van der Waals surface area contributed by atoms with Crippen molar-refractivity contribution in [1.82, 2.24) is 0 Å². The summed E-state index contributed by atoms with van der Waals surface area (Å²) in [7, 11) is 0. The second-order valence-electron chi connectivity index (χ2n) is 10.4. The molecule has 0 N–H and O–H groups in total. The summed E-state index contributed by atoms with van der Waals surface area (Å²) >= 11 is 0. The van der Waals surface area contributed by atoms with Crippen molar-refractivity contribution in [1.29, 1.82) is 0 Å². The first-order valence-electron chi connectivity index (χ1n) is 11.4. The van der Waals surface area contributed by atoms with Crippen molar-refractivity contribution < 1.29 is 9.53 Å². The molecule has 0 unspecified atom stereocenters. The molecule has 0 heterocycles.